The molecule has 7 nitrogen and oxygen atoms in total. The van der Waals surface area contributed by atoms with E-state index in [4.69, 9.17) is 4.74 Å². The highest BCUT2D eigenvalue weighted by Crippen LogP contribution is 2.42. The number of phenolic OH excluding ortho intramolecular Hbond substituents is 2. The van der Waals surface area contributed by atoms with E-state index in [1.54, 1.807) is 42.5 Å². The van der Waals surface area contributed by atoms with Gasteiger partial charge in [0.05, 0.1) is 0 Å². The molecule has 0 saturated carbocycles. The second-order valence-electron chi connectivity index (χ2n) is 5.14. The number of hydrogen-bond donors (Lipinski definition) is 3. The Morgan fingerprint density at radius 2 is 1.78 bits per heavy atom. The molecule has 1 unspecified atom stereocenters. The molecule has 23 heavy (non-hydrogen) atoms. The molecule has 0 spiro atoms. The van der Waals surface area contributed by atoms with Crippen molar-refractivity contribution in [2.45, 2.75) is 6.10 Å². The van der Waals surface area contributed by atoms with Gasteiger partial charge in [-0.15, -0.1) is 10.2 Å². The van der Waals surface area contributed by atoms with E-state index >= 15 is 0 Å². The van der Waals surface area contributed by atoms with Gasteiger partial charge < -0.3 is 14.9 Å². The molecule has 0 aliphatic carbocycles. The van der Waals surface area contributed by atoms with Crippen molar-refractivity contribution in [3.8, 4) is 17.2 Å². The molecule has 3 aromatic rings. The lowest BCUT2D eigenvalue weighted by molar-refractivity contribution is 0.249. The van der Waals surface area contributed by atoms with E-state index in [2.05, 4.69) is 20.6 Å². The Hall–Kier alpha value is -3.35. The van der Waals surface area contributed by atoms with Crippen LogP contribution in [0.25, 0.3) is 11.6 Å². The van der Waals surface area contributed by atoms with Crippen LogP contribution in [0.2, 0.25) is 0 Å². The number of tetrazole rings is 1. The number of aromatic amines is 1. The molecule has 1 aliphatic heterocycles. The van der Waals surface area contributed by atoms with E-state index in [1.807, 2.05) is 6.08 Å². The minimum absolute atomic E-state index is 0.122. The summed E-state index contributed by atoms with van der Waals surface area (Å²) >= 11 is 0. The number of H-pyrrole nitrogens is 1. The lowest BCUT2D eigenvalue weighted by atomic mass is 9.94. The van der Waals surface area contributed by atoms with Gasteiger partial charge in [-0.2, -0.15) is 5.21 Å². The number of benzene rings is 2. The molecule has 0 fully saturated rings. The minimum atomic E-state index is -0.562. The second kappa shape index (κ2) is 5.13. The summed E-state index contributed by atoms with van der Waals surface area (Å²) in [5.41, 5.74) is 2.55. The Labute approximate surface area is 130 Å². The number of ether oxygens (including phenoxy) is 1. The van der Waals surface area contributed by atoms with E-state index in [9.17, 15) is 10.2 Å². The topological polar surface area (TPSA) is 104 Å². The lowest BCUT2D eigenvalue weighted by Gasteiger charge is -2.25. The fraction of sp³-hybridized carbons (Fsp3) is 0.0625. The van der Waals surface area contributed by atoms with Gasteiger partial charge in [0.1, 0.15) is 17.2 Å². The van der Waals surface area contributed by atoms with Crippen LogP contribution in [0.4, 0.5) is 0 Å². The number of phenols is 2. The predicted molar refractivity (Wildman–Crippen MR) is 81.6 cm³/mol. The van der Waals surface area contributed by atoms with Crippen LogP contribution in [0, 0.1) is 0 Å². The monoisotopic (exact) mass is 308 g/mol. The highest BCUT2D eigenvalue weighted by molar-refractivity contribution is 5.87. The third kappa shape index (κ3) is 2.38. The molecule has 2 heterocycles. The number of aromatic hydroxyl groups is 2. The summed E-state index contributed by atoms with van der Waals surface area (Å²) in [7, 11) is 0. The molecule has 1 aromatic heterocycles. The Bertz CT molecular complexity index is 873. The van der Waals surface area contributed by atoms with Crippen molar-refractivity contribution in [3.05, 3.63) is 59.4 Å². The maximum atomic E-state index is 9.64. The molecule has 114 valence electrons. The largest absolute Gasteiger partial charge is 0.508 e. The van der Waals surface area contributed by atoms with Gasteiger partial charge in [0.2, 0.25) is 5.82 Å². The summed E-state index contributed by atoms with van der Waals surface area (Å²) in [6.07, 6.45) is 1.39. The van der Waals surface area contributed by atoms with Crippen LogP contribution in [-0.4, -0.2) is 30.8 Å². The normalized spacial score (nSPS) is 16.3. The highest BCUT2D eigenvalue weighted by Gasteiger charge is 2.29. The second-order valence-corrected chi connectivity index (χ2v) is 5.14. The molecule has 1 atom stereocenters. The Morgan fingerprint density at radius 3 is 2.52 bits per heavy atom. The average molecular weight is 308 g/mol. The summed E-state index contributed by atoms with van der Waals surface area (Å²) in [6, 6.07) is 11.7. The van der Waals surface area contributed by atoms with Crippen LogP contribution in [0.15, 0.2) is 42.5 Å². The number of nitrogens with zero attached hydrogens (tertiary/aromatic N) is 3. The number of hydrogen-bond acceptors (Lipinski definition) is 6. The van der Waals surface area contributed by atoms with Gasteiger partial charge in [0, 0.05) is 17.2 Å². The summed E-state index contributed by atoms with van der Waals surface area (Å²) in [6.45, 7) is 0. The molecule has 3 N–H and O–H groups in total. The summed E-state index contributed by atoms with van der Waals surface area (Å²) in [5.74, 6) is 1.24. The van der Waals surface area contributed by atoms with Crippen LogP contribution in [0.5, 0.6) is 17.2 Å². The first-order valence-corrected chi connectivity index (χ1v) is 6.95. The maximum Gasteiger partial charge on any atom is 0.219 e. The van der Waals surface area contributed by atoms with Gasteiger partial charge in [-0.25, -0.2) is 0 Å². The zero-order chi connectivity index (χ0) is 15.8. The molecule has 1 aliphatic rings. The highest BCUT2D eigenvalue weighted by atomic mass is 16.5. The number of fused-ring (bicyclic) bond motifs is 1. The predicted octanol–water partition coefficient (Wildman–Crippen LogP) is 2.29. The average Bonchev–Trinajstić information content (AvgIpc) is 3.09. The molecule has 0 amide bonds. The van der Waals surface area contributed by atoms with E-state index in [0.717, 1.165) is 16.7 Å². The van der Waals surface area contributed by atoms with Crippen molar-refractivity contribution >= 4 is 11.6 Å². The minimum Gasteiger partial charge on any atom is -0.508 e. The number of nitrogens with one attached hydrogen (secondary N) is 1. The van der Waals surface area contributed by atoms with Gasteiger partial charge in [0.15, 0.2) is 6.10 Å². The van der Waals surface area contributed by atoms with E-state index < -0.39 is 6.10 Å². The summed E-state index contributed by atoms with van der Waals surface area (Å²) in [5, 5.41) is 33.1. The summed E-state index contributed by atoms with van der Waals surface area (Å²) in [4.78, 5) is 0. The first-order chi connectivity index (χ1) is 11.2. The van der Waals surface area contributed by atoms with Crippen molar-refractivity contribution in [2.24, 2.45) is 0 Å². The number of rotatable bonds is 2. The molecule has 0 bridgehead atoms. The third-order valence-corrected chi connectivity index (χ3v) is 3.63. The van der Waals surface area contributed by atoms with Gasteiger partial charge in [-0.3, -0.25) is 0 Å². The third-order valence-electron chi connectivity index (χ3n) is 3.63. The van der Waals surface area contributed by atoms with Gasteiger partial charge in [-0.05, 0) is 35.9 Å². The van der Waals surface area contributed by atoms with E-state index in [1.165, 1.54) is 0 Å². The molecular weight excluding hydrogens is 296 g/mol. The zero-order valence-electron chi connectivity index (χ0n) is 11.8. The van der Waals surface area contributed by atoms with Crippen molar-refractivity contribution in [1.82, 2.24) is 20.6 Å². The van der Waals surface area contributed by atoms with Gasteiger partial charge in [-0.1, -0.05) is 17.3 Å². The summed E-state index contributed by atoms with van der Waals surface area (Å²) < 4.78 is 5.98. The fourth-order valence-electron chi connectivity index (χ4n) is 2.54. The molecule has 7 heteroatoms. The van der Waals surface area contributed by atoms with Crippen molar-refractivity contribution in [2.75, 3.05) is 0 Å². The van der Waals surface area contributed by atoms with Gasteiger partial charge in [0.25, 0.3) is 0 Å². The Morgan fingerprint density at radius 1 is 1.00 bits per heavy atom. The van der Waals surface area contributed by atoms with Crippen LogP contribution < -0.4 is 4.74 Å². The molecule has 2 aromatic carbocycles. The van der Waals surface area contributed by atoms with Crippen LogP contribution in [0.3, 0.4) is 0 Å². The first-order valence-electron chi connectivity index (χ1n) is 6.95. The van der Waals surface area contributed by atoms with Crippen LogP contribution >= 0.6 is 0 Å². The first kappa shape index (κ1) is 13.3. The molecule has 0 saturated heterocycles. The Balaban J connectivity index is 1.86. The molecule has 0 radical (unpaired) electrons. The number of aromatic nitrogens is 4. The van der Waals surface area contributed by atoms with Gasteiger partial charge >= 0.3 is 0 Å². The lowest BCUT2D eigenvalue weighted by Crippen LogP contribution is -2.15. The van der Waals surface area contributed by atoms with Crippen molar-refractivity contribution in [1.29, 1.82) is 0 Å². The quantitative estimate of drug-likeness (QED) is 0.671. The van der Waals surface area contributed by atoms with Crippen LogP contribution in [0.1, 0.15) is 23.1 Å². The molecular formula is C16H12N4O3. The molecule has 4 rings (SSSR count). The van der Waals surface area contributed by atoms with Crippen molar-refractivity contribution in [3.63, 3.8) is 0 Å². The van der Waals surface area contributed by atoms with E-state index in [0.29, 0.717) is 11.6 Å². The SMILES string of the molecule is Oc1ccc(C2=Cc3ccc(O)cc3OC2c2nn[nH]n2)cc1. The van der Waals surface area contributed by atoms with E-state index in [-0.39, 0.29) is 11.5 Å². The standard InChI is InChI=1S/C16H12N4O3/c21-11-4-1-9(2-5-11)13-7-10-3-6-12(22)8-14(10)23-15(13)16-17-19-20-18-16/h1-8,15,21-22H,(H,17,18,19,20). The fourth-order valence-corrected chi connectivity index (χ4v) is 2.54. The van der Waals surface area contributed by atoms with Crippen LogP contribution in [-0.2, 0) is 0 Å². The smallest absolute Gasteiger partial charge is 0.219 e. The van der Waals surface area contributed by atoms with Crippen molar-refractivity contribution < 1.29 is 14.9 Å². The maximum absolute atomic E-state index is 9.64. The zero-order valence-corrected chi connectivity index (χ0v) is 11.8. The Kier molecular flexibility index (Phi) is 2.97.